The van der Waals surface area contributed by atoms with Gasteiger partial charge in [0, 0.05) is 25.0 Å². The molecular formula is C14H15N7OS2. The highest BCUT2D eigenvalue weighted by molar-refractivity contribution is 8.00. The minimum absolute atomic E-state index is 0.151. The number of aromatic nitrogens is 6. The zero-order chi connectivity index (χ0) is 17.1. The Balaban J connectivity index is 1.69. The molecule has 10 heteroatoms. The van der Waals surface area contributed by atoms with Crippen molar-refractivity contribution in [3.05, 3.63) is 29.5 Å². The summed E-state index contributed by atoms with van der Waals surface area (Å²) in [5, 5.41) is 20.5. The zero-order valence-electron chi connectivity index (χ0n) is 13.3. The second kappa shape index (κ2) is 7.05. The van der Waals surface area contributed by atoms with Gasteiger partial charge in [-0.2, -0.15) is 0 Å². The number of nitrogens with zero attached hydrogens (tertiary/aromatic N) is 6. The summed E-state index contributed by atoms with van der Waals surface area (Å²) in [5.41, 5.74) is 0.876. The molecular weight excluding hydrogens is 346 g/mol. The van der Waals surface area contributed by atoms with Crippen molar-refractivity contribution < 1.29 is 4.79 Å². The predicted molar refractivity (Wildman–Crippen MR) is 92.8 cm³/mol. The van der Waals surface area contributed by atoms with Gasteiger partial charge in [-0.1, -0.05) is 23.1 Å². The van der Waals surface area contributed by atoms with Gasteiger partial charge in [0.1, 0.15) is 5.01 Å². The lowest BCUT2D eigenvalue weighted by Gasteiger charge is -2.09. The van der Waals surface area contributed by atoms with Crippen LogP contribution in [0.5, 0.6) is 0 Å². The zero-order valence-corrected chi connectivity index (χ0v) is 14.9. The van der Waals surface area contributed by atoms with E-state index in [1.165, 1.54) is 23.1 Å². The summed E-state index contributed by atoms with van der Waals surface area (Å²) in [6, 6.07) is 3.76. The van der Waals surface area contributed by atoms with Gasteiger partial charge in [-0.15, -0.1) is 20.4 Å². The van der Waals surface area contributed by atoms with E-state index >= 15 is 0 Å². The fraction of sp³-hybridized carbons (Fsp3) is 0.286. The van der Waals surface area contributed by atoms with Crippen LogP contribution < -0.4 is 5.32 Å². The van der Waals surface area contributed by atoms with Crippen LogP contribution in [0, 0.1) is 6.92 Å². The number of rotatable bonds is 5. The summed E-state index contributed by atoms with van der Waals surface area (Å²) in [6.07, 6.45) is 3.43. The highest BCUT2D eigenvalue weighted by Gasteiger charge is 2.20. The molecule has 0 aliphatic carbocycles. The van der Waals surface area contributed by atoms with Crippen LogP contribution in [-0.2, 0) is 11.8 Å². The van der Waals surface area contributed by atoms with Crippen LogP contribution in [0.3, 0.4) is 0 Å². The van der Waals surface area contributed by atoms with Crippen LogP contribution >= 0.6 is 23.1 Å². The van der Waals surface area contributed by atoms with Gasteiger partial charge in [-0.05, 0) is 26.0 Å². The van der Waals surface area contributed by atoms with Crippen LogP contribution in [0.4, 0.5) is 5.13 Å². The normalized spacial score (nSPS) is 12.1. The molecule has 3 aromatic rings. The molecule has 0 aromatic carbocycles. The maximum absolute atomic E-state index is 12.3. The average molecular weight is 361 g/mol. The number of thioether (sulfide) groups is 1. The van der Waals surface area contributed by atoms with Crippen LogP contribution in [0.2, 0.25) is 0 Å². The Kier molecular flexibility index (Phi) is 4.86. The molecule has 1 N–H and O–H groups in total. The van der Waals surface area contributed by atoms with Crippen molar-refractivity contribution in [2.45, 2.75) is 24.3 Å². The van der Waals surface area contributed by atoms with E-state index < -0.39 is 0 Å². The van der Waals surface area contributed by atoms with Gasteiger partial charge < -0.3 is 4.57 Å². The predicted octanol–water partition coefficient (Wildman–Crippen LogP) is 2.16. The summed E-state index contributed by atoms with van der Waals surface area (Å²) < 4.78 is 1.85. The maximum Gasteiger partial charge on any atom is 0.239 e. The number of nitrogens with one attached hydrogen (secondary N) is 1. The monoisotopic (exact) mass is 361 g/mol. The fourth-order valence-corrected chi connectivity index (χ4v) is 3.34. The van der Waals surface area contributed by atoms with Crippen molar-refractivity contribution in [3.63, 3.8) is 0 Å². The summed E-state index contributed by atoms with van der Waals surface area (Å²) in [6.45, 7) is 3.65. The van der Waals surface area contributed by atoms with Crippen LogP contribution in [0.1, 0.15) is 11.9 Å². The lowest BCUT2D eigenvalue weighted by Crippen LogP contribution is -2.22. The molecule has 0 fully saturated rings. The van der Waals surface area contributed by atoms with Gasteiger partial charge in [0.15, 0.2) is 11.0 Å². The molecule has 8 nitrogen and oxygen atoms in total. The molecule has 3 aromatic heterocycles. The van der Waals surface area contributed by atoms with E-state index in [-0.39, 0.29) is 11.2 Å². The smallest absolute Gasteiger partial charge is 0.239 e. The van der Waals surface area contributed by atoms with Gasteiger partial charge in [0.05, 0.1) is 5.25 Å². The van der Waals surface area contributed by atoms with Crippen LogP contribution in [0.15, 0.2) is 29.7 Å². The number of hydrogen-bond acceptors (Lipinski definition) is 8. The molecule has 0 bridgehead atoms. The first-order valence-electron chi connectivity index (χ1n) is 7.12. The summed E-state index contributed by atoms with van der Waals surface area (Å²) in [7, 11) is 1.86. The van der Waals surface area contributed by atoms with Crippen LogP contribution in [-0.4, -0.2) is 41.1 Å². The molecule has 24 heavy (non-hydrogen) atoms. The fourth-order valence-electron chi connectivity index (χ4n) is 1.93. The number of carbonyl (C=O) groups excluding carboxylic acids is 1. The minimum atomic E-state index is -0.348. The Morgan fingerprint density at radius 1 is 1.33 bits per heavy atom. The quantitative estimate of drug-likeness (QED) is 0.695. The number of aryl methyl sites for hydroxylation is 1. The van der Waals surface area contributed by atoms with Crippen molar-refractivity contribution in [1.29, 1.82) is 0 Å². The number of pyridine rings is 1. The molecule has 1 atom stereocenters. The molecule has 0 aliphatic heterocycles. The summed E-state index contributed by atoms with van der Waals surface area (Å²) in [4.78, 5) is 16.3. The summed E-state index contributed by atoms with van der Waals surface area (Å²) in [5.74, 6) is 0.556. The van der Waals surface area contributed by atoms with E-state index in [1.54, 1.807) is 12.4 Å². The maximum atomic E-state index is 12.3. The summed E-state index contributed by atoms with van der Waals surface area (Å²) >= 11 is 2.67. The van der Waals surface area contributed by atoms with Crippen molar-refractivity contribution in [3.8, 4) is 11.4 Å². The van der Waals surface area contributed by atoms with Crippen molar-refractivity contribution in [1.82, 2.24) is 29.9 Å². The third-order valence-electron chi connectivity index (χ3n) is 3.16. The molecule has 0 saturated carbocycles. The molecule has 0 unspecified atom stereocenters. The molecule has 0 spiro atoms. The first-order chi connectivity index (χ1) is 11.5. The average Bonchev–Trinajstić information content (AvgIpc) is 3.14. The number of amides is 1. The van der Waals surface area contributed by atoms with Gasteiger partial charge in [0.2, 0.25) is 11.0 Å². The second-order valence-electron chi connectivity index (χ2n) is 4.98. The third-order valence-corrected chi connectivity index (χ3v) is 5.05. The third kappa shape index (κ3) is 3.60. The molecule has 0 radical (unpaired) electrons. The molecule has 124 valence electrons. The first kappa shape index (κ1) is 16.5. The Morgan fingerprint density at radius 2 is 2.17 bits per heavy atom. The number of hydrogen-bond donors (Lipinski definition) is 1. The van der Waals surface area contributed by atoms with E-state index in [0.717, 1.165) is 10.6 Å². The van der Waals surface area contributed by atoms with Crippen molar-refractivity contribution >= 4 is 34.1 Å². The van der Waals surface area contributed by atoms with E-state index in [4.69, 9.17) is 0 Å². The van der Waals surface area contributed by atoms with Gasteiger partial charge in [-0.25, -0.2) is 0 Å². The molecule has 3 rings (SSSR count). The first-order valence-corrected chi connectivity index (χ1v) is 8.81. The minimum Gasteiger partial charge on any atom is -0.305 e. The lowest BCUT2D eigenvalue weighted by molar-refractivity contribution is -0.115. The second-order valence-corrected chi connectivity index (χ2v) is 7.47. The molecule has 3 heterocycles. The van der Waals surface area contributed by atoms with E-state index in [0.29, 0.717) is 16.1 Å². The molecule has 0 aliphatic rings. The van der Waals surface area contributed by atoms with Gasteiger partial charge >= 0.3 is 0 Å². The van der Waals surface area contributed by atoms with Crippen molar-refractivity contribution in [2.24, 2.45) is 7.05 Å². The number of carbonyl (C=O) groups is 1. The van der Waals surface area contributed by atoms with Crippen molar-refractivity contribution in [2.75, 3.05) is 5.32 Å². The molecule has 1 amide bonds. The van der Waals surface area contributed by atoms with Gasteiger partial charge in [-0.3, -0.25) is 15.1 Å². The Morgan fingerprint density at radius 3 is 2.83 bits per heavy atom. The largest absolute Gasteiger partial charge is 0.305 e. The molecule has 0 saturated heterocycles. The van der Waals surface area contributed by atoms with E-state index in [1.807, 2.05) is 37.6 Å². The highest BCUT2D eigenvalue weighted by atomic mass is 32.2. The lowest BCUT2D eigenvalue weighted by atomic mass is 10.3. The Labute approximate surface area is 146 Å². The SMILES string of the molecule is Cc1nnc(NC(=O)[C@@H](C)Sc2nnc(-c3cccnc3)n2C)s1. The Bertz CT molecular complexity index is 846. The van der Waals surface area contributed by atoms with E-state index in [2.05, 4.69) is 30.7 Å². The Hall–Kier alpha value is -2.33. The number of anilines is 1. The van der Waals surface area contributed by atoms with Gasteiger partial charge in [0.25, 0.3) is 0 Å². The van der Waals surface area contributed by atoms with E-state index in [9.17, 15) is 4.79 Å². The standard InChI is InChI=1S/C14H15N7OS2/c1-8(12(22)16-13-19-17-9(2)24-13)23-14-20-18-11(21(14)3)10-5-4-6-15-7-10/h4-8H,1-3H3,(H,16,19,22)/t8-/m1/s1. The van der Waals surface area contributed by atoms with Crippen LogP contribution in [0.25, 0.3) is 11.4 Å². The highest BCUT2D eigenvalue weighted by Crippen LogP contribution is 2.26. The topological polar surface area (TPSA) is 98.5 Å².